The molecule has 1 heterocycles. The molecule has 1 aromatic carbocycles. The van der Waals surface area contributed by atoms with Gasteiger partial charge < -0.3 is 0 Å². The van der Waals surface area contributed by atoms with Gasteiger partial charge in [-0.1, -0.05) is 43.3 Å². The third kappa shape index (κ3) is 3.34. The second-order valence-electron chi connectivity index (χ2n) is 4.33. The molecular weight excluding hydrogens is 226 g/mol. The van der Waals surface area contributed by atoms with E-state index >= 15 is 0 Å². The van der Waals surface area contributed by atoms with Crippen molar-refractivity contribution in [2.24, 2.45) is 0 Å². The van der Waals surface area contributed by atoms with Crippen molar-refractivity contribution in [1.82, 2.24) is 4.98 Å². The van der Waals surface area contributed by atoms with Gasteiger partial charge in [-0.3, -0.25) is 4.98 Å². The summed E-state index contributed by atoms with van der Waals surface area (Å²) in [5.41, 5.74) is 3.68. The maximum atomic E-state index is 4.51. The van der Waals surface area contributed by atoms with Crippen LogP contribution in [0.3, 0.4) is 0 Å². The molecule has 0 fully saturated rings. The second kappa shape index (κ2) is 5.87. The Bertz CT molecular complexity index is 450. The molecule has 1 aromatic heterocycles. The zero-order chi connectivity index (χ0) is 12.1. The van der Waals surface area contributed by atoms with E-state index in [0.29, 0.717) is 5.92 Å². The quantitative estimate of drug-likeness (QED) is 0.808. The van der Waals surface area contributed by atoms with E-state index in [1.165, 1.54) is 11.1 Å². The molecular formula is C15H17NS. The number of aromatic nitrogens is 1. The molecule has 2 aromatic rings. The highest BCUT2D eigenvalue weighted by Crippen LogP contribution is 2.16. The number of hydrogen-bond donors (Lipinski definition) is 1. The van der Waals surface area contributed by atoms with Crippen LogP contribution in [0, 0.1) is 0 Å². The number of pyridine rings is 1. The number of hydrogen-bond acceptors (Lipinski definition) is 2. The Morgan fingerprint density at radius 1 is 1.12 bits per heavy atom. The van der Waals surface area contributed by atoms with Gasteiger partial charge in [0.1, 0.15) is 0 Å². The van der Waals surface area contributed by atoms with E-state index in [1.54, 1.807) is 0 Å². The van der Waals surface area contributed by atoms with Gasteiger partial charge in [-0.2, -0.15) is 12.6 Å². The number of rotatable bonds is 4. The largest absolute Gasteiger partial charge is 0.261 e. The smallest absolute Gasteiger partial charge is 0.0447 e. The van der Waals surface area contributed by atoms with E-state index in [2.05, 4.69) is 60.9 Å². The average Bonchev–Trinajstić information content (AvgIpc) is 2.40. The molecule has 2 rings (SSSR count). The Morgan fingerprint density at radius 2 is 1.88 bits per heavy atom. The van der Waals surface area contributed by atoms with Gasteiger partial charge in [0.2, 0.25) is 0 Å². The van der Waals surface area contributed by atoms with Gasteiger partial charge in [0.05, 0.1) is 0 Å². The molecule has 0 amide bonds. The summed E-state index contributed by atoms with van der Waals surface area (Å²) >= 11 is 4.31. The lowest BCUT2D eigenvalue weighted by atomic mass is 10.0. The molecule has 0 saturated carbocycles. The Labute approximate surface area is 108 Å². The molecule has 0 aliphatic carbocycles. The highest BCUT2D eigenvalue weighted by molar-refractivity contribution is 7.80. The first-order valence-corrected chi connectivity index (χ1v) is 6.52. The first-order valence-electron chi connectivity index (χ1n) is 5.89. The topological polar surface area (TPSA) is 12.9 Å². The van der Waals surface area contributed by atoms with Gasteiger partial charge in [0, 0.05) is 18.3 Å². The van der Waals surface area contributed by atoms with Gasteiger partial charge in [0.25, 0.3) is 0 Å². The number of nitrogens with zero attached hydrogens (tertiary/aromatic N) is 1. The summed E-state index contributed by atoms with van der Waals surface area (Å²) < 4.78 is 0. The first-order chi connectivity index (χ1) is 8.29. The van der Waals surface area contributed by atoms with Crippen molar-refractivity contribution in [1.29, 1.82) is 0 Å². The van der Waals surface area contributed by atoms with Gasteiger partial charge >= 0.3 is 0 Å². The van der Waals surface area contributed by atoms with Crippen LogP contribution in [0.5, 0.6) is 0 Å². The molecule has 0 bridgehead atoms. The molecule has 0 saturated heterocycles. The van der Waals surface area contributed by atoms with Crippen molar-refractivity contribution in [2.75, 3.05) is 5.75 Å². The van der Waals surface area contributed by atoms with E-state index in [4.69, 9.17) is 0 Å². The second-order valence-corrected chi connectivity index (χ2v) is 4.69. The summed E-state index contributed by atoms with van der Waals surface area (Å²) in [5.74, 6) is 1.33. The number of thiol groups is 1. The molecule has 88 valence electrons. The predicted molar refractivity (Wildman–Crippen MR) is 75.8 cm³/mol. The van der Waals surface area contributed by atoms with Crippen LogP contribution in [-0.4, -0.2) is 10.7 Å². The first kappa shape index (κ1) is 12.2. The van der Waals surface area contributed by atoms with Crippen LogP contribution < -0.4 is 0 Å². The van der Waals surface area contributed by atoms with E-state index < -0.39 is 0 Å². The van der Waals surface area contributed by atoms with Crippen LogP contribution in [-0.2, 0) is 6.42 Å². The van der Waals surface area contributed by atoms with Gasteiger partial charge in [0.15, 0.2) is 0 Å². The van der Waals surface area contributed by atoms with Crippen LogP contribution in [0.1, 0.15) is 29.7 Å². The predicted octanol–water partition coefficient (Wildman–Crippen LogP) is 3.71. The summed E-state index contributed by atoms with van der Waals surface area (Å²) in [5, 5.41) is 0. The summed E-state index contributed by atoms with van der Waals surface area (Å²) in [6.45, 7) is 2.17. The van der Waals surface area contributed by atoms with Crippen LogP contribution in [0.2, 0.25) is 0 Å². The maximum absolute atomic E-state index is 4.51. The third-order valence-electron chi connectivity index (χ3n) is 2.92. The van der Waals surface area contributed by atoms with E-state index in [-0.39, 0.29) is 0 Å². The SMILES string of the molecule is CC(CS)c1ccc(Cc2ccccc2)nc1. The molecule has 0 spiro atoms. The minimum Gasteiger partial charge on any atom is -0.261 e. The average molecular weight is 243 g/mol. The van der Waals surface area contributed by atoms with Gasteiger partial charge in [-0.25, -0.2) is 0 Å². The van der Waals surface area contributed by atoms with Crippen molar-refractivity contribution in [3.8, 4) is 0 Å². The van der Waals surface area contributed by atoms with Gasteiger partial charge in [-0.15, -0.1) is 0 Å². The van der Waals surface area contributed by atoms with Crippen molar-refractivity contribution < 1.29 is 0 Å². The van der Waals surface area contributed by atoms with Crippen molar-refractivity contribution in [3.63, 3.8) is 0 Å². The Hall–Kier alpha value is -1.28. The van der Waals surface area contributed by atoms with Crippen molar-refractivity contribution >= 4 is 12.6 Å². The van der Waals surface area contributed by atoms with Crippen LogP contribution in [0.15, 0.2) is 48.7 Å². The molecule has 1 nitrogen and oxygen atoms in total. The maximum Gasteiger partial charge on any atom is 0.0447 e. The lowest BCUT2D eigenvalue weighted by Crippen LogP contribution is -1.98. The molecule has 0 N–H and O–H groups in total. The monoisotopic (exact) mass is 243 g/mol. The zero-order valence-corrected chi connectivity index (χ0v) is 10.9. The lowest BCUT2D eigenvalue weighted by molar-refractivity contribution is 0.868. The summed E-state index contributed by atoms with van der Waals surface area (Å²) in [6.07, 6.45) is 2.87. The van der Waals surface area contributed by atoms with E-state index in [0.717, 1.165) is 17.9 Å². The highest BCUT2D eigenvalue weighted by atomic mass is 32.1. The van der Waals surface area contributed by atoms with Gasteiger partial charge in [-0.05, 0) is 28.9 Å². The van der Waals surface area contributed by atoms with Crippen molar-refractivity contribution in [3.05, 3.63) is 65.5 Å². The third-order valence-corrected chi connectivity index (χ3v) is 3.47. The highest BCUT2D eigenvalue weighted by Gasteiger charge is 2.04. The minimum atomic E-state index is 0.469. The van der Waals surface area contributed by atoms with E-state index in [9.17, 15) is 0 Å². The normalized spacial score (nSPS) is 12.4. The molecule has 0 aliphatic rings. The van der Waals surface area contributed by atoms with Crippen LogP contribution in [0.4, 0.5) is 0 Å². The molecule has 2 heteroatoms. The standard InChI is InChI=1S/C15H17NS/c1-12(11-17)14-7-8-15(16-10-14)9-13-5-3-2-4-6-13/h2-8,10,12,17H,9,11H2,1H3. The van der Waals surface area contributed by atoms with Crippen molar-refractivity contribution in [2.45, 2.75) is 19.3 Å². The molecule has 1 unspecified atom stereocenters. The minimum absolute atomic E-state index is 0.469. The zero-order valence-electron chi connectivity index (χ0n) is 10.0. The fraction of sp³-hybridized carbons (Fsp3) is 0.267. The lowest BCUT2D eigenvalue weighted by Gasteiger charge is -2.08. The van der Waals surface area contributed by atoms with Crippen LogP contribution in [0.25, 0.3) is 0 Å². The van der Waals surface area contributed by atoms with E-state index in [1.807, 2.05) is 12.3 Å². The summed E-state index contributed by atoms with van der Waals surface area (Å²) in [4.78, 5) is 4.51. The fourth-order valence-electron chi connectivity index (χ4n) is 1.74. The van der Waals surface area contributed by atoms with Crippen LogP contribution >= 0.6 is 12.6 Å². The Morgan fingerprint density at radius 3 is 2.47 bits per heavy atom. The fourth-order valence-corrected chi connectivity index (χ4v) is 1.95. The summed E-state index contributed by atoms with van der Waals surface area (Å²) in [6, 6.07) is 14.7. The summed E-state index contributed by atoms with van der Waals surface area (Å²) in [7, 11) is 0. The Kier molecular flexibility index (Phi) is 4.21. The Balaban J connectivity index is 2.08. The molecule has 1 atom stereocenters. The number of benzene rings is 1. The molecule has 0 aliphatic heterocycles. The molecule has 0 radical (unpaired) electrons. The molecule has 17 heavy (non-hydrogen) atoms.